The monoisotopic (exact) mass is 252 g/mol. The lowest BCUT2D eigenvalue weighted by atomic mass is 9.99. The van der Waals surface area contributed by atoms with E-state index in [-0.39, 0.29) is 5.92 Å². The molecule has 102 valence electrons. The molecule has 18 heavy (non-hydrogen) atoms. The predicted molar refractivity (Wildman–Crippen MR) is 71.8 cm³/mol. The molecule has 0 aliphatic rings. The average molecular weight is 252 g/mol. The van der Waals surface area contributed by atoms with Crippen LogP contribution in [0.5, 0.6) is 0 Å². The third-order valence-corrected chi connectivity index (χ3v) is 3.70. The Hall–Kier alpha value is -1.32. The molecule has 0 aromatic carbocycles. The van der Waals surface area contributed by atoms with Gasteiger partial charge < -0.3 is 5.11 Å². The summed E-state index contributed by atoms with van der Waals surface area (Å²) in [5.41, 5.74) is 3.18. The molecular formula is C14H24N2O2. The highest BCUT2D eigenvalue weighted by atomic mass is 16.4. The Morgan fingerprint density at radius 1 is 1.33 bits per heavy atom. The molecule has 0 radical (unpaired) electrons. The second kappa shape index (κ2) is 6.03. The van der Waals surface area contributed by atoms with Crippen molar-refractivity contribution < 1.29 is 9.90 Å². The van der Waals surface area contributed by atoms with Crippen molar-refractivity contribution in [3.8, 4) is 0 Å². The fourth-order valence-electron chi connectivity index (χ4n) is 2.38. The number of carbonyl (C=O) groups is 1. The van der Waals surface area contributed by atoms with E-state index >= 15 is 0 Å². The number of aliphatic carboxylic acids is 1. The topological polar surface area (TPSA) is 55.1 Å². The molecule has 1 unspecified atom stereocenters. The number of carboxylic acid groups (broad SMARTS) is 1. The highest BCUT2D eigenvalue weighted by molar-refractivity contribution is 5.70. The first kappa shape index (κ1) is 14.7. The molecule has 1 rings (SSSR count). The number of aromatic nitrogens is 2. The van der Waals surface area contributed by atoms with E-state index in [1.165, 1.54) is 0 Å². The van der Waals surface area contributed by atoms with Crippen molar-refractivity contribution in [3.05, 3.63) is 17.0 Å². The lowest BCUT2D eigenvalue weighted by Crippen LogP contribution is -2.14. The average Bonchev–Trinajstić information content (AvgIpc) is 2.59. The number of carboxylic acids is 1. The maximum atomic E-state index is 11.0. The van der Waals surface area contributed by atoms with Gasteiger partial charge in [-0.2, -0.15) is 5.10 Å². The standard InChI is InChI=1S/C14H24N2O2/c1-6-12(7-2)16-11(5)13(10(4)15-16)8-9(3)14(17)18/h9,12H,6-8H2,1-5H3,(H,17,18). The fourth-order valence-corrected chi connectivity index (χ4v) is 2.38. The first-order chi connectivity index (χ1) is 8.42. The molecule has 1 atom stereocenters. The molecular weight excluding hydrogens is 228 g/mol. The third-order valence-electron chi connectivity index (χ3n) is 3.70. The molecule has 1 N–H and O–H groups in total. The van der Waals surface area contributed by atoms with Gasteiger partial charge in [0.25, 0.3) is 0 Å². The van der Waals surface area contributed by atoms with Crippen molar-refractivity contribution in [2.45, 2.75) is 59.9 Å². The highest BCUT2D eigenvalue weighted by Crippen LogP contribution is 2.23. The van der Waals surface area contributed by atoms with Crippen LogP contribution in [0.3, 0.4) is 0 Å². The van der Waals surface area contributed by atoms with Gasteiger partial charge in [-0.25, -0.2) is 0 Å². The van der Waals surface area contributed by atoms with Crippen LogP contribution in [-0.4, -0.2) is 20.9 Å². The molecule has 0 amide bonds. The van der Waals surface area contributed by atoms with Crippen LogP contribution in [0.1, 0.15) is 56.6 Å². The summed E-state index contributed by atoms with van der Waals surface area (Å²) in [7, 11) is 0. The quantitative estimate of drug-likeness (QED) is 0.846. The van der Waals surface area contributed by atoms with Gasteiger partial charge in [0.2, 0.25) is 0 Å². The van der Waals surface area contributed by atoms with E-state index in [9.17, 15) is 4.79 Å². The summed E-state index contributed by atoms with van der Waals surface area (Å²) in [4.78, 5) is 11.0. The minimum atomic E-state index is -0.746. The van der Waals surface area contributed by atoms with Crippen LogP contribution >= 0.6 is 0 Å². The van der Waals surface area contributed by atoms with Gasteiger partial charge >= 0.3 is 5.97 Å². The summed E-state index contributed by atoms with van der Waals surface area (Å²) in [6, 6.07) is 0.414. The first-order valence-electron chi connectivity index (χ1n) is 6.69. The smallest absolute Gasteiger partial charge is 0.306 e. The summed E-state index contributed by atoms with van der Waals surface area (Å²) in [6.45, 7) is 10.1. The molecule has 0 aliphatic carbocycles. The van der Waals surface area contributed by atoms with Gasteiger partial charge in [0, 0.05) is 5.69 Å². The molecule has 1 aromatic rings. The lowest BCUT2D eigenvalue weighted by Gasteiger charge is -2.15. The Balaban J connectivity index is 3.04. The van der Waals surface area contributed by atoms with Crippen molar-refractivity contribution in [1.82, 2.24) is 9.78 Å². The van der Waals surface area contributed by atoms with Crippen LogP contribution in [0, 0.1) is 19.8 Å². The van der Waals surface area contributed by atoms with E-state index in [2.05, 4.69) is 23.6 Å². The second-order valence-corrected chi connectivity index (χ2v) is 5.01. The predicted octanol–water partition coefficient (Wildman–Crippen LogP) is 3.12. The van der Waals surface area contributed by atoms with Crippen LogP contribution in [0.15, 0.2) is 0 Å². The first-order valence-corrected chi connectivity index (χ1v) is 6.69. The number of nitrogens with zero attached hydrogens (tertiary/aromatic N) is 2. The van der Waals surface area contributed by atoms with Gasteiger partial charge in [-0.3, -0.25) is 9.48 Å². The van der Waals surface area contributed by atoms with Crippen molar-refractivity contribution >= 4 is 5.97 Å². The fraction of sp³-hybridized carbons (Fsp3) is 0.714. The molecule has 1 heterocycles. The Kier molecular flexibility index (Phi) is 4.93. The number of hydrogen-bond acceptors (Lipinski definition) is 2. The largest absolute Gasteiger partial charge is 0.481 e. The normalized spacial score (nSPS) is 13.0. The zero-order chi connectivity index (χ0) is 13.9. The van der Waals surface area contributed by atoms with Crippen LogP contribution in [0.2, 0.25) is 0 Å². The van der Waals surface area contributed by atoms with Gasteiger partial charge in [-0.05, 0) is 38.7 Å². The summed E-state index contributed by atoms with van der Waals surface area (Å²) >= 11 is 0. The molecule has 0 aliphatic heterocycles. The molecule has 0 fully saturated rings. The van der Waals surface area contributed by atoms with E-state index in [0.29, 0.717) is 12.5 Å². The van der Waals surface area contributed by atoms with E-state index in [4.69, 9.17) is 5.11 Å². The van der Waals surface area contributed by atoms with E-state index in [1.807, 2.05) is 13.8 Å². The Labute approximate surface area is 109 Å². The maximum absolute atomic E-state index is 11.0. The number of rotatable bonds is 6. The minimum Gasteiger partial charge on any atom is -0.481 e. The second-order valence-electron chi connectivity index (χ2n) is 5.01. The Morgan fingerprint density at radius 3 is 2.33 bits per heavy atom. The van der Waals surface area contributed by atoms with Gasteiger partial charge in [0.15, 0.2) is 0 Å². The molecule has 0 saturated carbocycles. The summed E-state index contributed by atoms with van der Waals surface area (Å²) in [5, 5.41) is 13.6. The molecule has 0 saturated heterocycles. The zero-order valence-corrected chi connectivity index (χ0v) is 12.0. The van der Waals surface area contributed by atoms with Crippen LogP contribution < -0.4 is 0 Å². The Bertz CT molecular complexity index is 420. The van der Waals surface area contributed by atoms with Gasteiger partial charge in [0.1, 0.15) is 0 Å². The van der Waals surface area contributed by atoms with Crippen molar-refractivity contribution in [2.24, 2.45) is 5.92 Å². The SMILES string of the molecule is CCC(CC)n1nc(C)c(CC(C)C(=O)O)c1C. The van der Waals surface area contributed by atoms with Crippen molar-refractivity contribution in [1.29, 1.82) is 0 Å². The highest BCUT2D eigenvalue weighted by Gasteiger charge is 2.20. The molecule has 4 nitrogen and oxygen atoms in total. The lowest BCUT2D eigenvalue weighted by molar-refractivity contribution is -0.141. The van der Waals surface area contributed by atoms with Crippen LogP contribution in [-0.2, 0) is 11.2 Å². The van der Waals surface area contributed by atoms with Gasteiger partial charge in [-0.15, -0.1) is 0 Å². The summed E-state index contributed by atoms with van der Waals surface area (Å²) in [6.07, 6.45) is 2.66. The summed E-state index contributed by atoms with van der Waals surface area (Å²) in [5.74, 6) is -1.11. The van der Waals surface area contributed by atoms with E-state index in [1.54, 1.807) is 6.92 Å². The minimum absolute atomic E-state index is 0.359. The third kappa shape index (κ3) is 2.92. The molecule has 4 heteroatoms. The summed E-state index contributed by atoms with van der Waals surface area (Å²) < 4.78 is 2.07. The number of hydrogen-bond donors (Lipinski definition) is 1. The molecule has 1 aromatic heterocycles. The molecule has 0 spiro atoms. The maximum Gasteiger partial charge on any atom is 0.306 e. The number of aryl methyl sites for hydroxylation is 1. The van der Waals surface area contributed by atoms with E-state index < -0.39 is 5.97 Å². The van der Waals surface area contributed by atoms with Crippen LogP contribution in [0.25, 0.3) is 0 Å². The van der Waals surface area contributed by atoms with Gasteiger partial charge in [0.05, 0.1) is 17.7 Å². The molecule has 0 bridgehead atoms. The van der Waals surface area contributed by atoms with Crippen molar-refractivity contribution in [2.75, 3.05) is 0 Å². The van der Waals surface area contributed by atoms with E-state index in [0.717, 1.165) is 29.8 Å². The van der Waals surface area contributed by atoms with Gasteiger partial charge in [-0.1, -0.05) is 20.8 Å². The van der Waals surface area contributed by atoms with Crippen LogP contribution in [0.4, 0.5) is 0 Å². The Morgan fingerprint density at radius 2 is 1.89 bits per heavy atom. The zero-order valence-electron chi connectivity index (χ0n) is 12.0. The van der Waals surface area contributed by atoms with Crippen molar-refractivity contribution in [3.63, 3.8) is 0 Å².